The van der Waals surface area contributed by atoms with Gasteiger partial charge >= 0.3 is 0 Å². The van der Waals surface area contributed by atoms with Gasteiger partial charge in [-0.15, -0.1) is 0 Å². The van der Waals surface area contributed by atoms with Gasteiger partial charge < -0.3 is 10.1 Å². The molecule has 0 aliphatic carbocycles. The molecule has 2 aliphatic heterocycles. The van der Waals surface area contributed by atoms with Crippen molar-refractivity contribution in [3.05, 3.63) is 65.2 Å². The number of carbonyl (C=O) groups is 1. The van der Waals surface area contributed by atoms with Crippen LogP contribution in [0.2, 0.25) is 0 Å². The minimum absolute atomic E-state index is 0.0212. The topological polar surface area (TPSA) is 41.6 Å². The molecule has 1 fully saturated rings. The molecule has 4 rings (SSSR count). The highest BCUT2D eigenvalue weighted by molar-refractivity contribution is 5.96. The van der Waals surface area contributed by atoms with E-state index in [-0.39, 0.29) is 5.91 Å². The third kappa shape index (κ3) is 2.78. The molecule has 24 heavy (non-hydrogen) atoms. The lowest BCUT2D eigenvalue weighted by atomic mass is 9.87. The van der Waals surface area contributed by atoms with E-state index in [2.05, 4.69) is 46.6 Å². The van der Waals surface area contributed by atoms with E-state index >= 15 is 0 Å². The number of hydrogen-bond acceptors (Lipinski definition) is 3. The van der Waals surface area contributed by atoms with E-state index in [1.54, 1.807) is 7.11 Å². The van der Waals surface area contributed by atoms with Crippen molar-refractivity contribution < 1.29 is 9.53 Å². The highest BCUT2D eigenvalue weighted by Gasteiger charge is 2.38. The summed E-state index contributed by atoms with van der Waals surface area (Å²) >= 11 is 0. The maximum atomic E-state index is 12.4. The molecule has 0 spiro atoms. The summed E-state index contributed by atoms with van der Waals surface area (Å²) in [6, 6.07) is 16.5. The van der Waals surface area contributed by atoms with E-state index in [0.29, 0.717) is 11.8 Å². The summed E-state index contributed by atoms with van der Waals surface area (Å²) in [7, 11) is 1.64. The van der Waals surface area contributed by atoms with Gasteiger partial charge in [-0.3, -0.25) is 9.69 Å². The summed E-state index contributed by atoms with van der Waals surface area (Å²) < 4.78 is 5.29. The lowest BCUT2D eigenvalue weighted by Gasteiger charge is -2.18. The van der Waals surface area contributed by atoms with Crippen LogP contribution in [-0.2, 0) is 6.54 Å². The zero-order chi connectivity index (χ0) is 16.5. The summed E-state index contributed by atoms with van der Waals surface area (Å²) in [6.07, 6.45) is 0. The van der Waals surface area contributed by atoms with Crippen molar-refractivity contribution in [3.63, 3.8) is 0 Å². The van der Waals surface area contributed by atoms with Gasteiger partial charge in [0.05, 0.1) is 7.11 Å². The maximum absolute atomic E-state index is 12.4. The Hall–Kier alpha value is -2.33. The number of rotatable bonds is 3. The summed E-state index contributed by atoms with van der Waals surface area (Å²) in [4.78, 5) is 14.9. The Balaban J connectivity index is 1.60. The van der Waals surface area contributed by atoms with Crippen LogP contribution in [0.5, 0.6) is 5.75 Å². The Morgan fingerprint density at radius 2 is 2.00 bits per heavy atom. The van der Waals surface area contributed by atoms with Gasteiger partial charge in [0, 0.05) is 37.7 Å². The minimum atomic E-state index is 0.0212. The van der Waals surface area contributed by atoms with Crippen LogP contribution in [0, 0.1) is 5.92 Å². The predicted molar refractivity (Wildman–Crippen MR) is 93.3 cm³/mol. The molecular formula is C20H22N2O2. The van der Waals surface area contributed by atoms with Crippen LogP contribution in [0.4, 0.5) is 0 Å². The van der Waals surface area contributed by atoms with Crippen molar-refractivity contribution in [2.75, 3.05) is 26.7 Å². The molecule has 1 saturated heterocycles. The summed E-state index contributed by atoms with van der Waals surface area (Å²) in [6.45, 7) is 3.72. The number of carbonyl (C=O) groups excluding carboxylic acids is 1. The first-order valence-corrected chi connectivity index (χ1v) is 8.47. The Kier molecular flexibility index (Phi) is 3.98. The van der Waals surface area contributed by atoms with Gasteiger partial charge in [-0.2, -0.15) is 0 Å². The van der Waals surface area contributed by atoms with Crippen molar-refractivity contribution in [1.29, 1.82) is 0 Å². The second-order valence-electron chi connectivity index (χ2n) is 6.71. The molecule has 4 heteroatoms. The van der Waals surface area contributed by atoms with Crippen LogP contribution in [0.15, 0.2) is 48.5 Å². The molecule has 4 nitrogen and oxygen atoms in total. The molecule has 0 saturated carbocycles. The molecule has 2 aromatic carbocycles. The minimum Gasteiger partial charge on any atom is -0.497 e. The van der Waals surface area contributed by atoms with E-state index in [0.717, 1.165) is 43.1 Å². The van der Waals surface area contributed by atoms with E-state index in [1.165, 1.54) is 5.56 Å². The molecule has 1 N–H and O–H groups in total. The van der Waals surface area contributed by atoms with Crippen LogP contribution in [0.1, 0.15) is 27.4 Å². The number of hydrogen-bond donors (Lipinski definition) is 1. The first kappa shape index (κ1) is 15.2. The summed E-state index contributed by atoms with van der Waals surface area (Å²) in [5.41, 5.74) is 3.27. The number of nitrogens with zero attached hydrogens (tertiary/aromatic N) is 1. The van der Waals surface area contributed by atoms with Gasteiger partial charge in [0.1, 0.15) is 5.75 Å². The molecule has 0 unspecified atom stereocenters. The molecule has 2 atom stereocenters. The SMILES string of the molecule is COc1ccc2c(c1)C(=O)NC[C@H]1CN(Cc3ccccc3)C[C@@H]21. The molecule has 124 valence electrons. The van der Waals surface area contributed by atoms with Crippen LogP contribution >= 0.6 is 0 Å². The Labute approximate surface area is 142 Å². The van der Waals surface area contributed by atoms with Gasteiger partial charge in [0.25, 0.3) is 5.91 Å². The van der Waals surface area contributed by atoms with Crippen molar-refractivity contribution in [1.82, 2.24) is 10.2 Å². The van der Waals surface area contributed by atoms with Crippen LogP contribution in [0.3, 0.4) is 0 Å². The second kappa shape index (κ2) is 6.29. The zero-order valence-electron chi connectivity index (χ0n) is 13.9. The highest BCUT2D eigenvalue weighted by Crippen LogP contribution is 2.37. The van der Waals surface area contributed by atoms with Crippen LogP contribution < -0.4 is 10.1 Å². The average molecular weight is 322 g/mol. The predicted octanol–water partition coefficient (Wildman–Crippen LogP) is 2.65. The monoisotopic (exact) mass is 322 g/mol. The van der Waals surface area contributed by atoms with E-state index in [9.17, 15) is 4.79 Å². The Morgan fingerprint density at radius 3 is 2.79 bits per heavy atom. The fourth-order valence-corrected chi connectivity index (χ4v) is 3.99. The van der Waals surface area contributed by atoms with Crippen molar-refractivity contribution >= 4 is 5.91 Å². The molecule has 2 aromatic rings. The highest BCUT2D eigenvalue weighted by atomic mass is 16.5. The van der Waals surface area contributed by atoms with E-state index < -0.39 is 0 Å². The molecule has 0 bridgehead atoms. The number of likely N-dealkylation sites (tertiary alicyclic amines) is 1. The first-order chi connectivity index (χ1) is 11.7. The standard InChI is InChI=1S/C20H22N2O2/c1-24-16-7-8-17-18(9-16)20(23)21-10-15-12-22(13-19(15)17)11-14-5-3-2-4-6-14/h2-9,15,19H,10-13H2,1H3,(H,21,23)/t15-,19+/m0/s1. The molecule has 1 amide bonds. The maximum Gasteiger partial charge on any atom is 0.251 e. The normalized spacial score (nSPS) is 23.1. The lowest BCUT2D eigenvalue weighted by molar-refractivity contribution is 0.0950. The number of fused-ring (bicyclic) bond motifs is 3. The average Bonchev–Trinajstić information content (AvgIpc) is 2.97. The van der Waals surface area contributed by atoms with Crippen molar-refractivity contribution in [2.45, 2.75) is 12.5 Å². The second-order valence-corrected chi connectivity index (χ2v) is 6.71. The number of ether oxygens (including phenoxy) is 1. The van der Waals surface area contributed by atoms with Crippen LogP contribution in [0.25, 0.3) is 0 Å². The van der Waals surface area contributed by atoms with E-state index in [4.69, 9.17) is 4.74 Å². The molecule has 2 heterocycles. The van der Waals surface area contributed by atoms with Gasteiger partial charge in [-0.25, -0.2) is 0 Å². The Morgan fingerprint density at radius 1 is 1.17 bits per heavy atom. The zero-order valence-corrected chi connectivity index (χ0v) is 13.9. The number of nitrogens with one attached hydrogen (secondary N) is 1. The molecular weight excluding hydrogens is 300 g/mol. The molecule has 0 radical (unpaired) electrons. The Bertz CT molecular complexity index is 745. The number of amides is 1. The fourth-order valence-electron chi connectivity index (χ4n) is 3.99. The van der Waals surface area contributed by atoms with Gasteiger partial charge in [0.15, 0.2) is 0 Å². The smallest absolute Gasteiger partial charge is 0.251 e. The van der Waals surface area contributed by atoms with Gasteiger partial charge in [0.2, 0.25) is 0 Å². The summed E-state index contributed by atoms with van der Waals surface area (Å²) in [5.74, 6) is 1.62. The summed E-state index contributed by atoms with van der Waals surface area (Å²) in [5, 5.41) is 3.09. The number of methoxy groups -OCH3 is 1. The largest absolute Gasteiger partial charge is 0.497 e. The molecule has 2 aliphatic rings. The van der Waals surface area contributed by atoms with Gasteiger partial charge in [-0.05, 0) is 29.2 Å². The fraction of sp³-hybridized carbons (Fsp3) is 0.350. The van der Waals surface area contributed by atoms with Crippen molar-refractivity contribution in [3.8, 4) is 5.75 Å². The third-order valence-electron chi connectivity index (χ3n) is 5.20. The third-order valence-corrected chi connectivity index (χ3v) is 5.20. The number of benzene rings is 2. The first-order valence-electron chi connectivity index (χ1n) is 8.47. The molecule has 0 aromatic heterocycles. The van der Waals surface area contributed by atoms with E-state index in [1.807, 2.05) is 12.1 Å². The quantitative estimate of drug-likeness (QED) is 0.944. The van der Waals surface area contributed by atoms with Crippen LogP contribution in [-0.4, -0.2) is 37.6 Å². The lowest BCUT2D eigenvalue weighted by Crippen LogP contribution is -2.29. The van der Waals surface area contributed by atoms with Crippen molar-refractivity contribution in [2.24, 2.45) is 5.92 Å². The van der Waals surface area contributed by atoms with Gasteiger partial charge in [-0.1, -0.05) is 36.4 Å².